The van der Waals surface area contributed by atoms with Gasteiger partial charge in [-0.3, -0.25) is 0 Å². The molecule has 2 heterocycles. The zero-order chi connectivity index (χ0) is 10.2. The Kier molecular flexibility index (Phi) is 2.27. The highest BCUT2D eigenvalue weighted by Crippen LogP contribution is 2.27. The van der Waals surface area contributed by atoms with Crippen LogP contribution in [0.5, 0.6) is 0 Å². The third kappa shape index (κ3) is 1.64. The van der Waals surface area contributed by atoms with E-state index in [2.05, 4.69) is 30.7 Å². The van der Waals surface area contributed by atoms with E-state index < -0.39 is 0 Å². The molecular weight excluding hydrogens is 176 g/mol. The van der Waals surface area contributed by atoms with E-state index in [1.54, 1.807) is 6.33 Å². The van der Waals surface area contributed by atoms with Crippen molar-refractivity contribution in [3.05, 3.63) is 23.3 Å². The topological polar surface area (TPSA) is 35.0 Å². The van der Waals surface area contributed by atoms with E-state index in [9.17, 15) is 0 Å². The molecule has 3 nitrogen and oxygen atoms in total. The molecule has 0 fully saturated rings. The fraction of sp³-hybridized carbons (Fsp3) is 0.636. The van der Waals surface area contributed by atoms with Gasteiger partial charge in [0.25, 0.3) is 0 Å². The van der Waals surface area contributed by atoms with Gasteiger partial charge in [-0.25, -0.2) is 9.97 Å². The number of aromatic nitrogens is 2. The van der Waals surface area contributed by atoms with Crippen molar-refractivity contribution < 1.29 is 4.74 Å². The zero-order valence-corrected chi connectivity index (χ0v) is 9.00. The van der Waals surface area contributed by atoms with Gasteiger partial charge in [0.2, 0.25) is 0 Å². The second-order valence-corrected chi connectivity index (χ2v) is 4.70. The van der Waals surface area contributed by atoms with Crippen LogP contribution >= 0.6 is 0 Å². The summed E-state index contributed by atoms with van der Waals surface area (Å²) < 4.78 is 5.45. The number of hydrogen-bond acceptors (Lipinski definition) is 3. The summed E-state index contributed by atoms with van der Waals surface area (Å²) in [6.07, 6.45) is 2.59. The predicted molar refractivity (Wildman–Crippen MR) is 54.1 cm³/mol. The molecule has 76 valence electrons. The zero-order valence-electron chi connectivity index (χ0n) is 9.00. The van der Waals surface area contributed by atoms with Gasteiger partial charge in [0, 0.05) is 17.4 Å². The summed E-state index contributed by atoms with van der Waals surface area (Å²) in [5.74, 6) is 0. The van der Waals surface area contributed by atoms with Crippen LogP contribution in [-0.2, 0) is 23.2 Å². The van der Waals surface area contributed by atoms with Crippen LogP contribution in [0.15, 0.2) is 6.33 Å². The summed E-state index contributed by atoms with van der Waals surface area (Å²) in [5.41, 5.74) is 3.57. The largest absolute Gasteiger partial charge is 0.376 e. The molecule has 2 rings (SSSR count). The van der Waals surface area contributed by atoms with Crippen molar-refractivity contribution in [3.8, 4) is 0 Å². The maximum Gasteiger partial charge on any atom is 0.115 e. The number of ether oxygens (including phenoxy) is 1. The molecule has 3 heteroatoms. The van der Waals surface area contributed by atoms with Crippen LogP contribution in [0.4, 0.5) is 0 Å². The lowest BCUT2D eigenvalue weighted by molar-refractivity contribution is 0.107. The Labute approximate surface area is 84.5 Å². The van der Waals surface area contributed by atoms with Crippen LogP contribution in [0.3, 0.4) is 0 Å². The SMILES string of the molecule is CC(C)(C)c1ncnc2c1COCC2. The molecule has 0 amide bonds. The summed E-state index contributed by atoms with van der Waals surface area (Å²) in [5, 5.41) is 0. The monoisotopic (exact) mass is 192 g/mol. The smallest absolute Gasteiger partial charge is 0.115 e. The second-order valence-electron chi connectivity index (χ2n) is 4.70. The lowest BCUT2D eigenvalue weighted by Crippen LogP contribution is -2.22. The maximum atomic E-state index is 5.45. The van der Waals surface area contributed by atoms with Gasteiger partial charge < -0.3 is 4.74 Å². The number of rotatable bonds is 0. The molecule has 0 spiro atoms. The molecule has 0 saturated carbocycles. The van der Waals surface area contributed by atoms with Crippen molar-refractivity contribution in [1.82, 2.24) is 9.97 Å². The van der Waals surface area contributed by atoms with Crippen LogP contribution in [0.2, 0.25) is 0 Å². The average Bonchev–Trinajstić information content (AvgIpc) is 2.15. The van der Waals surface area contributed by atoms with Crippen molar-refractivity contribution in [1.29, 1.82) is 0 Å². The van der Waals surface area contributed by atoms with E-state index in [-0.39, 0.29) is 5.41 Å². The second kappa shape index (κ2) is 3.31. The highest BCUT2D eigenvalue weighted by molar-refractivity contribution is 5.30. The number of fused-ring (bicyclic) bond motifs is 1. The van der Waals surface area contributed by atoms with Crippen LogP contribution < -0.4 is 0 Å². The summed E-state index contributed by atoms with van der Waals surface area (Å²) in [6.45, 7) is 7.97. The number of hydrogen-bond donors (Lipinski definition) is 0. The van der Waals surface area contributed by atoms with Gasteiger partial charge in [0.15, 0.2) is 0 Å². The molecule has 0 atom stereocenters. The Morgan fingerprint density at radius 3 is 2.79 bits per heavy atom. The quantitative estimate of drug-likeness (QED) is 0.629. The van der Waals surface area contributed by atoms with Crippen molar-refractivity contribution >= 4 is 0 Å². The first-order valence-corrected chi connectivity index (χ1v) is 5.00. The Hall–Kier alpha value is -0.960. The molecule has 14 heavy (non-hydrogen) atoms. The highest BCUT2D eigenvalue weighted by atomic mass is 16.5. The van der Waals surface area contributed by atoms with Crippen LogP contribution in [0, 0.1) is 0 Å². The van der Waals surface area contributed by atoms with Gasteiger partial charge in [0.05, 0.1) is 24.6 Å². The van der Waals surface area contributed by atoms with E-state index in [1.807, 2.05) is 0 Å². The summed E-state index contributed by atoms with van der Waals surface area (Å²) in [7, 11) is 0. The molecule has 0 bridgehead atoms. The molecule has 1 aliphatic heterocycles. The van der Waals surface area contributed by atoms with Gasteiger partial charge >= 0.3 is 0 Å². The number of nitrogens with zero attached hydrogens (tertiary/aromatic N) is 2. The Balaban J connectivity index is 2.51. The lowest BCUT2D eigenvalue weighted by Gasteiger charge is -2.25. The normalized spacial score (nSPS) is 16.5. The Morgan fingerprint density at radius 2 is 2.07 bits per heavy atom. The van der Waals surface area contributed by atoms with Crippen LogP contribution in [-0.4, -0.2) is 16.6 Å². The molecule has 0 radical (unpaired) electrons. The van der Waals surface area contributed by atoms with E-state index in [0.717, 1.165) is 24.4 Å². The van der Waals surface area contributed by atoms with Crippen molar-refractivity contribution in [3.63, 3.8) is 0 Å². The molecule has 1 aromatic heterocycles. The van der Waals surface area contributed by atoms with Crippen LogP contribution in [0.1, 0.15) is 37.7 Å². The first kappa shape index (κ1) is 9.59. The van der Waals surface area contributed by atoms with Gasteiger partial charge in [-0.2, -0.15) is 0 Å². The lowest BCUT2D eigenvalue weighted by atomic mass is 9.87. The molecule has 0 N–H and O–H groups in total. The minimum Gasteiger partial charge on any atom is -0.376 e. The van der Waals surface area contributed by atoms with Crippen LogP contribution in [0.25, 0.3) is 0 Å². The third-order valence-electron chi connectivity index (χ3n) is 2.47. The van der Waals surface area contributed by atoms with E-state index in [1.165, 1.54) is 5.56 Å². The molecule has 1 aromatic rings. The summed E-state index contributed by atoms with van der Waals surface area (Å²) in [6, 6.07) is 0. The van der Waals surface area contributed by atoms with Crippen molar-refractivity contribution in [2.75, 3.05) is 6.61 Å². The first-order valence-electron chi connectivity index (χ1n) is 5.00. The Bertz CT molecular complexity index is 342. The van der Waals surface area contributed by atoms with E-state index in [0.29, 0.717) is 6.61 Å². The fourth-order valence-corrected chi connectivity index (χ4v) is 1.81. The Morgan fingerprint density at radius 1 is 1.29 bits per heavy atom. The molecule has 0 aromatic carbocycles. The van der Waals surface area contributed by atoms with Gasteiger partial charge in [-0.05, 0) is 0 Å². The standard InChI is InChI=1S/C11H16N2O/c1-11(2,3)10-8-6-14-5-4-9(8)12-7-13-10/h7H,4-6H2,1-3H3. The fourth-order valence-electron chi connectivity index (χ4n) is 1.81. The summed E-state index contributed by atoms with van der Waals surface area (Å²) >= 11 is 0. The molecule has 0 saturated heterocycles. The summed E-state index contributed by atoms with van der Waals surface area (Å²) in [4.78, 5) is 8.67. The molecule has 0 unspecified atom stereocenters. The van der Waals surface area contributed by atoms with E-state index >= 15 is 0 Å². The van der Waals surface area contributed by atoms with Gasteiger partial charge in [-0.15, -0.1) is 0 Å². The van der Waals surface area contributed by atoms with Gasteiger partial charge in [0.1, 0.15) is 6.33 Å². The maximum absolute atomic E-state index is 5.45. The highest BCUT2D eigenvalue weighted by Gasteiger charge is 2.24. The van der Waals surface area contributed by atoms with E-state index in [4.69, 9.17) is 4.74 Å². The predicted octanol–water partition coefficient (Wildman–Crippen LogP) is 1.85. The first-order chi connectivity index (χ1) is 6.59. The molecule has 1 aliphatic rings. The third-order valence-corrected chi connectivity index (χ3v) is 2.47. The molecular formula is C11H16N2O. The minimum atomic E-state index is 0.0771. The van der Waals surface area contributed by atoms with Gasteiger partial charge in [-0.1, -0.05) is 20.8 Å². The molecule has 0 aliphatic carbocycles. The average molecular weight is 192 g/mol. The minimum absolute atomic E-state index is 0.0771. The van der Waals surface area contributed by atoms with Crippen molar-refractivity contribution in [2.24, 2.45) is 0 Å². The van der Waals surface area contributed by atoms with Crippen molar-refractivity contribution in [2.45, 2.75) is 39.2 Å².